The number of rotatable bonds is 3. The molecule has 0 aromatic heterocycles. The number of methoxy groups -OCH3 is 2. The van der Waals surface area contributed by atoms with Crippen LogP contribution in [0.3, 0.4) is 0 Å². The lowest BCUT2D eigenvalue weighted by Gasteiger charge is -2.02. The van der Waals surface area contributed by atoms with Gasteiger partial charge in [-0.2, -0.15) is 10.5 Å². The van der Waals surface area contributed by atoms with Crippen LogP contribution >= 0.6 is 0 Å². The van der Waals surface area contributed by atoms with E-state index in [4.69, 9.17) is 4.74 Å². The molecular weight excluding hydrogens is 244 g/mol. The van der Waals surface area contributed by atoms with Crippen molar-refractivity contribution in [2.75, 3.05) is 14.2 Å². The average Bonchev–Trinajstić information content (AvgIpc) is 3.16. The second kappa shape index (κ2) is 4.62. The molecule has 0 heterocycles. The monoisotopic (exact) mass is 256 g/mol. The van der Waals surface area contributed by atoms with Crippen molar-refractivity contribution in [2.45, 2.75) is 5.92 Å². The zero-order valence-electron chi connectivity index (χ0n) is 10.6. The number of carbonyl (C=O) groups excluding carboxylic acids is 1. The summed E-state index contributed by atoms with van der Waals surface area (Å²) in [5.74, 6) is -1.01. The molecule has 1 aliphatic rings. The van der Waals surface area contributed by atoms with Gasteiger partial charge in [-0.1, -0.05) is 12.1 Å². The number of benzene rings is 1. The van der Waals surface area contributed by atoms with Gasteiger partial charge in [0.2, 0.25) is 0 Å². The zero-order chi connectivity index (χ0) is 14.0. The second-order valence-electron chi connectivity index (χ2n) is 4.34. The maximum absolute atomic E-state index is 11.7. The first-order valence-electron chi connectivity index (χ1n) is 5.69. The van der Waals surface area contributed by atoms with Gasteiger partial charge >= 0.3 is 5.97 Å². The van der Waals surface area contributed by atoms with E-state index >= 15 is 0 Å². The first-order chi connectivity index (χ1) is 9.14. The lowest BCUT2D eigenvalue weighted by atomic mass is 10.0. The van der Waals surface area contributed by atoms with E-state index < -0.39 is 23.2 Å². The molecule has 1 saturated carbocycles. The number of nitrogens with zero attached hydrogens (tertiary/aromatic N) is 2. The summed E-state index contributed by atoms with van der Waals surface area (Å²) in [4.78, 5) is 11.7. The summed E-state index contributed by atoms with van der Waals surface area (Å²) in [6.07, 6.45) is 0. The molecule has 1 aromatic carbocycles. The number of hydrogen-bond acceptors (Lipinski definition) is 5. The van der Waals surface area contributed by atoms with Crippen molar-refractivity contribution in [2.24, 2.45) is 11.3 Å². The lowest BCUT2D eigenvalue weighted by molar-refractivity contribution is -0.142. The highest BCUT2D eigenvalue weighted by Crippen LogP contribution is 2.64. The van der Waals surface area contributed by atoms with Gasteiger partial charge in [-0.25, -0.2) is 0 Å². The van der Waals surface area contributed by atoms with E-state index in [2.05, 4.69) is 4.74 Å². The largest absolute Gasteiger partial charge is 0.497 e. The van der Waals surface area contributed by atoms with E-state index in [-0.39, 0.29) is 0 Å². The third kappa shape index (κ3) is 1.80. The number of hydrogen-bond donors (Lipinski definition) is 0. The van der Waals surface area contributed by atoms with E-state index in [0.29, 0.717) is 5.75 Å². The Bertz CT molecular complexity index is 566. The van der Waals surface area contributed by atoms with Gasteiger partial charge in [0.15, 0.2) is 5.41 Å². The Kier molecular flexibility index (Phi) is 3.14. The van der Waals surface area contributed by atoms with Gasteiger partial charge in [0.05, 0.1) is 32.3 Å². The molecule has 0 spiro atoms. The van der Waals surface area contributed by atoms with E-state index in [9.17, 15) is 15.3 Å². The molecule has 1 aromatic rings. The SMILES string of the molecule is COC(=O)C1C(c2ccc(OC)cc2)C1(C#N)C#N. The van der Waals surface area contributed by atoms with Gasteiger partial charge in [0, 0.05) is 5.92 Å². The normalized spacial score (nSPS) is 22.7. The molecule has 1 fully saturated rings. The Hall–Kier alpha value is -2.53. The molecule has 0 saturated heterocycles. The Morgan fingerprint density at radius 3 is 2.21 bits per heavy atom. The fourth-order valence-corrected chi connectivity index (χ4v) is 2.41. The van der Waals surface area contributed by atoms with Crippen molar-refractivity contribution in [3.8, 4) is 17.9 Å². The van der Waals surface area contributed by atoms with E-state index in [0.717, 1.165) is 5.56 Å². The molecule has 2 unspecified atom stereocenters. The summed E-state index contributed by atoms with van der Waals surface area (Å²) in [5.41, 5.74) is -0.555. The van der Waals surface area contributed by atoms with Gasteiger partial charge in [0.25, 0.3) is 0 Å². The van der Waals surface area contributed by atoms with Crippen LogP contribution in [0.5, 0.6) is 5.75 Å². The molecule has 5 heteroatoms. The minimum atomic E-state index is -1.32. The van der Waals surface area contributed by atoms with Crippen molar-refractivity contribution < 1.29 is 14.3 Å². The first-order valence-corrected chi connectivity index (χ1v) is 5.69. The predicted octanol–water partition coefficient (Wildman–Crippen LogP) is 1.62. The Balaban J connectivity index is 2.36. The molecule has 0 bridgehead atoms. The first kappa shape index (κ1) is 12.9. The summed E-state index contributed by atoms with van der Waals surface area (Å²) in [5, 5.41) is 18.4. The summed E-state index contributed by atoms with van der Waals surface area (Å²) >= 11 is 0. The smallest absolute Gasteiger partial charge is 0.312 e. The summed E-state index contributed by atoms with van der Waals surface area (Å²) in [6.45, 7) is 0. The van der Waals surface area contributed by atoms with Crippen LogP contribution < -0.4 is 4.74 Å². The molecule has 0 amide bonds. The number of carbonyl (C=O) groups is 1. The van der Waals surface area contributed by atoms with Crippen LogP contribution in [0.15, 0.2) is 24.3 Å². The maximum Gasteiger partial charge on any atom is 0.312 e. The van der Waals surface area contributed by atoms with Crippen molar-refractivity contribution in [3.63, 3.8) is 0 Å². The highest BCUT2D eigenvalue weighted by atomic mass is 16.5. The van der Waals surface area contributed by atoms with Gasteiger partial charge in [-0.3, -0.25) is 4.79 Å². The molecular formula is C14H12N2O3. The fraction of sp³-hybridized carbons (Fsp3) is 0.357. The Morgan fingerprint density at radius 1 is 1.21 bits per heavy atom. The van der Waals surface area contributed by atoms with Crippen molar-refractivity contribution in [1.82, 2.24) is 0 Å². The quantitative estimate of drug-likeness (QED) is 0.767. The molecule has 1 aliphatic carbocycles. The minimum Gasteiger partial charge on any atom is -0.497 e. The predicted molar refractivity (Wildman–Crippen MR) is 64.9 cm³/mol. The summed E-state index contributed by atoms with van der Waals surface area (Å²) < 4.78 is 9.71. The van der Waals surface area contributed by atoms with Crippen molar-refractivity contribution in [3.05, 3.63) is 29.8 Å². The van der Waals surface area contributed by atoms with Crippen LogP contribution in [-0.4, -0.2) is 20.2 Å². The van der Waals surface area contributed by atoms with Crippen LogP contribution in [0, 0.1) is 34.0 Å². The van der Waals surface area contributed by atoms with Crippen LogP contribution in [0.1, 0.15) is 11.5 Å². The molecule has 2 atom stereocenters. The fourth-order valence-electron chi connectivity index (χ4n) is 2.41. The minimum absolute atomic E-state index is 0.444. The topological polar surface area (TPSA) is 83.1 Å². The Labute approximate surface area is 111 Å². The average molecular weight is 256 g/mol. The van der Waals surface area contributed by atoms with Gasteiger partial charge in [-0.05, 0) is 17.7 Å². The molecule has 2 rings (SSSR count). The highest BCUT2D eigenvalue weighted by molar-refractivity contribution is 5.82. The standard InChI is InChI=1S/C14H12N2O3/c1-18-10-5-3-9(4-6-10)11-12(13(17)19-2)14(11,7-15)8-16/h3-6,11-12H,1-2H3. The number of esters is 1. The van der Waals surface area contributed by atoms with E-state index in [1.807, 2.05) is 12.1 Å². The van der Waals surface area contributed by atoms with Gasteiger partial charge in [-0.15, -0.1) is 0 Å². The molecule has 0 radical (unpaired) electrons. The van der Waals surface area contributed by atoms with E-state index in [1.54, 1.807) is 31.4 Å². The summed E-state index contributed by atoms with van der Waals surface area (Å²) in [6, 6.07) is 10.9. The lowest BCUT2D eigenvalue weighted by Crippen LogP contribution is -2.09. The van der Waals surface area contributed by atoms with E-state index in [1.165, 1.54) is 7.11 Å². The Morgan fingerprint density at radius 2 is 1.79 bits per heavy atom. The second-order valence-corrected chi connectivity index (χ2v) is 4.34. The summed E-state index contributed by atoms with van der Waals surface area (Å²) in [7, 11) is 2.81. The van der Waals surface area contributed by atoms with Crippen LogP contribution in [0.2, 0.25) is 0 Å². The molecule has 5 nitrogen and oxygen atoms in total. The molecule has 19 heavy (non-hydrogen) atoms. The maximum atomic E-state index is 11.7. The number of ether oxygens (including phenoxy) is 2. The van der Waals surface area contributed by atoms with Gasteiger partial charge in [0.1, 0.15) is 5.75 Å². The molecule has 0 aliphatic heterocycles. The zero-order valence-corrected chi connectivity index (χ0v) is 10.6. The third-order valence-electron chi connectivity index (χ3n) is 3.51. The number of nitriles is 2. The van der Waals surface area contributed by atoms with Crippen molar-refractivity contribution >= 4 is 5.97 Å². The molecule has 0 N–H and O–H groups in total. The van der Waals surface area contributed by atoms with Crippen molar-refractivity contribution in [1.29, 1.82) is 10.5 Å². The highest BCUT2D eigenvalue weighted by Gasteiger charge is 2.71. The van der Waals surface area contributed by atoms with Crippen LogP contribution in [0.4, 0.5) is 0 Å². The van der Waals surface area contributed by atoms with Crippen LogP contribution in [0.25, 0.3) is 0 Å². The van der Waals surface area contributed by atoms with Crippen LogP contribution in [-0.2, 0) is 9.53 Å². The van der Waals surface area contributed by atoms with Gasteiger partial charge < -0.3 is 9.47 Å². The third-order valence-corrected chi connectivity index (χ3v) is 3.51. The molecule has 96 valence electrons.